The van der Waals surface area contributed by atoms with Crippen LogP contribution < -0.4 is 5.14 Å². The summed E-state index contributed by atoms with van der Waals surface area (Å²) in [6, 6.07) is 0. The average Bonchev–Trinajstić information content (AvgIpc) is 1.53. The largest absolute Gasteiger partial charge is 0.229 e. The lowest BCUT2D eigenvalue weighted by Crippen LogP contribution is -2.41. The molecule has 0 amide bonds. The summed E-state index contributed by atoms with van der Waals surface area (Å²) in [6.07, 6.45) is 0. The zero-order valence-corrected chi connectivity index (χ0v) is 7.36. The molecule has 0 aliphatic carbocycles. The normalized spacial score (nSPS) is 24.5. The Morgan fingerprint density at radius 2 is 1.82 bits per heavy atom. The second-order valence-corrected chi connectivity index (χ2v) is 6.59. The summed E-state index contributed by atoms with van der Waals surface area (Å²) in [5, 5.41) is 4.71. The summed E-state index contributed by atoms with van der Waals surface area (Å²) in [4.78, 5) is 0. The predicted molar refractivity (Wildman–Crippen MR) is 40.1 cm³/mol. The Kier molecular flexibility index (Phi) is 1.97. The molecular weight excluding hydrogens is 190 g/mol. The van der Waals surface area contributed by atoms with E-state index in [1.807, 2.05) is 0 Å². The van der Waals surface area contributed by atoms with E-state index in [1.165, 1.54) is 0 Å². The summed E-state index contributed by atoms with van der Waals surface area (Å²) >= 11 is 0. The van der Waals surface area contributed by atoms with Crippen LogP contribution >= 0.6 is 0 Å². The van der Waals surface area contributed by atoms with E-state index in [0.717, 1.165) is 0 Å². The van der Waals surface area contributed by atoms with Gasteiger partial charge >= 0.3 is 0 Å². The van der Waals surface area contributed by atoms with Gasteiger partial charge in [-0.05, 0) is 0 Å². The topological polar surface area (TPSA) is 94.3 Å². The predicted octanol–water partition coefficient (Wildman–Crippen LogP) is -1.68. The molecule has 7 heteroatoms. The summed E-state index contributed by atoms with van der Waals surface area (Å²) < 4.78 is 42.0. The van der Waals surface area contributed by atoms with E-state index in [-0.39, 0.29) is 23.2 Å². The lowest BCUT2D eigenvalue weighted by molar-refractivity contribution is 0.535. The second-order valence-electron chi connectivity index (χ2n) is 2.77. The number of hydrogen-bond acceptors (Lipinski definition) is 4. The lowest BCUT2D eigenvalue weighted by Gasteiger charge is -2.24. The van der Waals surface area contributed by atoms with Crippen molar-refractivity contribution in [3.05, 3.63) is 0 Å². The third-order valence-corrected chi connectivity index (χ3v) is 4.34. The molecule has 0 saturated carbocycles. The van der Waals surface area contributed by atoms with Crippen LogP contribution in [0.25, 0.3) is 0 Å². The Balaban J connectivity index is 2.48. The van der Waals surface area contributed by atoms with Crippen molar-refractivity contribution in [1.29, 1.82) is 0 Å². The van der Waals surface area contributed by atoms with Crippen molar-refractivity contribution < 1.29 is 16.8 Å². The molecule has 2 N–H and O–H groups in total. The first kappa shape index (κ1) is 8.95. The van der Waals surface area contributed by atoms with Gasteiger partial charge in [0, 0.05) is 5.92 Å². The number of sulfonamides is 1. The highest BCUT2D eigenvalue weighted by atomic mass is 32.2. The van der Waals surface area contributed by atoms with Gasteiger partial charge in [0.2, 0.25) is 10.0 Å². The number of rotatable bonds is 2. The van der Waals surface area contributed by atoms with Crippen LogP contribution in [0, 0.1) is 5.92 Å². The molecule has 1 aliphatic rings. The lowest BCUT2D eigenvalue weighted by atomic mass is 10.2. The van der Waals surface area contributed by atoms with Crippen LogP contribution in [0.15, 0.2) is 0 Å². The molecule has 0 aromatic rings. The number of primary sulfonamides is 1. The molecule has 1 fully saturated rings. The second kappa shape index (κ2) is 2.43. The number of nitrogens with two attached hydrogens (primary N) is 1. The molecule has 0 aromatic heterocycles. The van der Waals surface area contributed by atoms with Gasteiger partial charge in [0.1, 0.15) is 0 Å². The molecule has 0 spiro atoms. The van der Waals surface area contributed by atoms with Crippen molar-refractivity contribution in [2.24, 2.45) is 11.1 Å². The molecule has 1 aliphatic heterocycles. The van der Waals surface area contributed by atoms with Crippen molar-refractivity contribution >= 4 is 19.9 Å². The molecule has 0 bridgehead atoms. The van der Waals surface area contributed by atoms with Gasteiger partial charge < -0.3 is 0 Å². The zero-order chi connectivity index (χ0) is 8.70. The van der Waals surface area contributed by atoms with E-state index >= 15 is 0 Å². The molecule has 11 heavy (non-hydrogen) atoms. The molecule has 1 heterocycles. The van der Waals surface area contributed by atoms with Gasteiger partial charge in [-0.2, -0.15) is 0 Å². The van der Waals surface area contributed by atoms with Crippen LogP contribution in [0.1, 0.15) is 0 Å². The van der Waals surface area contributed by atoms with Crippen molar-refractivity contribution in [2.75, 3.05) is 17.3 Å². The van der Waals surface area contributed by atoms with Crippen molar-refractivity contribution in [2.45, 2.75) is 0 Å². The minimum absolute atomic E-state index is 0.0383. The van der Waals surface area contributed by atoms with E-state index in [0.29, 0.717) is 0 Å². The molecule has 66 valence electrons. The van der Waals surface area contributed by atoms with Gasteiger partial charge in [0.05, 0.1) is 17.3 Å². The Morgan fingerprint density at radius 3 is 2.09 bits per heavy atom. The highest BCUT2D eigenvalue weighted by molar-refractivity contribution is 7.93. The Bertz CT molecular complexity index is 328. The van der Waals surface area contributed by atoms with E-state index in [9.17, 15) is 16.8 Å². The smallest absolute Gasteiger partial charge is 0.209 e. The van der Waals surface area contributed by atoms with Crippen molar-refractivity contribution in [1.82, 2.24) is 0 Å². The zero-order valence-electron chi connectivity index (χ0n) is 5.73. The Hall–Kier alpha value is -0.140. The average molecular weight is 199 g/mol. The van der Waals surface area contributed by atoms with Crippen molar-refractivity contribution in [3.8, 4) is 0 Å². The molecular formula is C4H9NO4S2. The van der Waals surface area contributed by atoms with E-state index in [4.69, 9.17) is 5.14 Å². The SMILES string of the molecule is NS(=O)(=O)CC1CS(=O)(=O)C1. The first-order chi connectivity index (χ1) is 4.79. The third-order valence-electron chi connectivity index (χ3n) is 1.45. The molecule has 0 aromatic carbocycles. The van der Waals surface area contributed by atoms with Crippen molar-refractivity contribution in [3.63, 3.8) is 0 Å². The summed E-state index contributed by atoms with van der Waals surface area (Å²) in [5.74, 6) is -0.575. The Morgan fingerprint density at radius 1 is 1.36 bits per heavy atom. The van der Waals surface area contributed by atoms with Crippen LogP contribution in [0.5, 0.6) is 0 Å². The monoisotopic (exact) mass is 199 g/mol. The minimum atomic E-state index is -3.50. The summed E-state index contributed by atoms with van der Waals surface area (Å²) in [7, 11) is -6.42. The maximum Gasteiger partial charge on any atom is 0.209 e. The van der Waals surface area contributed by atoms with E-state index in [1.54, 1.807) is 0 Å². The van der Waals surface area contributed by atoms with Gasteiger partial charge in [0.15, 0.2) is 9.84 Å². The maximum absolute atomic E-state index is 10.5. The van der Waals surface area contributed by atoms with Crippen LogP contribution in [0.2, 0.25) is 0 Å². The Labute approximate surface area is 65.6 Å². The number of hydrogen-bond donors (Lipinski definition) is 1. The maximum atomic E-state index is 10.5. The fourth-order valence-electron chi connectivity index (χ4n) is 1.09. The quantitative estimate of drug-likeness (QED) is 0.574. The van der Waals surface area contributed by atoms with Gasteiger partial charge in [-0.25, -0.2) is 22.0 Å². The fraction of sp³-hybridized carbons (Fsp3) is 1.00. The van der Waals surface area contributed by atoms with Gasteiger partial charge in [-0.15, -0.1) is 0 Å². The fourth-order valence-corrected chi connectivity index (χ4v) is 3.86. The van der Waals surface area contributed by atoms with Crippen LogP contribution in [0.3, 0.4) is 0 Å². The summed E-state index contributed by atoms with van der Waals surface area (Å²) in [6.45, 7) is 0. The highest BCUT2D eigenvalue weighted by Crippen LogP contribution is 2.18. The first-order valence-electron chi connectivity index (χ1n) is 2.99. The molecule has 1 rings (SSSR count). The van der Waals surface area contributed by atoms with E-state index in [2.05, 4.69) is 0 Å². The van der Waals surface area contributed by atoms with Crippen LogP contribution in [0.4, 0.5) is 0 Å². The van der Waals surface area contributed by atoms with Gasteiger partial charge in [0.25, 0.3) is 0 Å². The van der Waals surface area contributed by atoms with Gasteiger partial charge in [-0.1, -0.05) is 0 Å². The molecule has 0 radical (unpaired) electrons. The molecule has 1 saturated heterocycles. The molecule has 5 nitrogen and oxygen atoms in total. The van der Waals surface area contributed by atoms with Crippen LogP contribution in [-0.4, -0.2) is 34.1 Å². The standard InChI is InChI=1S/C4H9NO4S2/c5-11(8,9)3-4-1-10(6,7)2-4/h4H,1-3H2,(H2,5,8,9). The minimum Gasteiger partial charge on any atom is -0.229 e. The van der Waals surface area contributed by atoms with Crippen LogP contribution in [-0.2, 0) is 19.9 Å². The first-order valence-corrected chi connectivity index (χ1v) is 6.53. The molecule has 0 unspecified atom stereocenters. The van der Waals surface area contributed by atoms with E-state index < -0.39 is 19.9 Å². The summed E-state index contributed by atoms with van der Waals surface area (Å²) in [5.41, 5.74) is 0. The highest BCUT2D eigenvalue weighted by Gasteiger charge is 2.35. The molecule has 0 atom stereocenters. The third kappa shape index (κ3) is 2.76. The van der Waals surface area contributed by atoms with Gasteiger partial charge in [-0.3, -0.25) is 0 Å². The number of sulfone groups is 1.